The number of nitrogens with one attached hydrogen (secondary N) is 1. The summed E-state index contributed by atoms with van der Waals surface area (Å²) in [6.45, 7) is -0.168. The first kappa shape index (κ1) is 35.2. The molecule has 2 N–H and O–H groups in total. The molecule has 0 spiro atoms. The average molecular weight is 741 g/mol. The predicted molar refractivity (Wildman–Crippen MR) is 185 cm³/mol. The van der Waals surface area contributed by atoms with Gasteiger partial charge >= 0.3 is 6.09 Å². The van der Waals surface area contributed by atoms with E-state index < -0.39 is 50.6 Å². The summed E-state index contributed by atoms with van der Waals surface area (Å²) in [5.41, 5.74) is -0.386. The van der Waals surface area contributed by atoms with Crippen LogP contribution in [-0.2, 0) is 30.0 Å². The number of ether oxygens (including phenoxy) is 1. The zero-order valence-corrected chi connectivity index (χ0v) is 28.6. The summed E-state index contributed by atoms with van der Waals surface area (Å²) >= 11 is 6.72. The summed E-state index contributed by atoms with van der Waals surface area (Å²) in [5.74, 6) is -2.56. The summed E-state index contributed by atoms with van der Waals surface area (Å²) in [5, 5.41) is 16.3. The molecule has 0 fully saturated rings. The second-order valence-electron chi connectivity index (χ2n) is 11.6. The predicted octanol–water partition coefficient (Wildman–Crippen LogP) is 5.87. The number of nitrogens with zero attached hydrogens (tertiary/aromatic N) is 5. The molecule has 0 saturated heterocycles. The zero-order valence-electron chi connectivity index (χ0n) is 27.1. The van der Waals surface area contributed by atoms with Crippen LogP contribution in [0.4, 0.5) is 23.8 Å². The second-order valence-corrected chi connectivity index (χ2v) is 13.9. The van der Waals surface area contributed by atoms with Crippen LogP contribution in [-0.4, -0.2) is 52.3 Å². The van der Waals surface area contributed by atoms with Crippen molar-refractivity contribution in [3.63, 3.8) is 0 Å². The van der Waals surface area contributed by atoms with Gasteiger partial charge in [0.1, 0.15) is 34.4 Å². The Morgan fingerprint density at radius 3 is 2.33 bits per heavy atom. The van der Waals surface area contributed by atoms with Crippen molar-refractivity contribution < 1.29 is 36.2 Å². The number of benzene rings is 4. The fraction of sp³-hybridized carbons (Fsp3) is 0.176. The molecule has 0 saturated carbocycles. The first-order chi connectivity index (χ1) is 24.2. The minimum absolute atomic E-state index is 0.0196. The maximum absolute atomic E-state index is 15.3. The fourth-order valence-corrected chi connectivity index (χ4v) is 7.00. The largest absolute Gasteiger partial charge is 0.497 e. The molecule has 12 nitrogen and oxygen atoms in total. The van der Waals surface area contributed by atoms with Crippen LogP contribution in [0.15, 0.2) is 77.6 Å². The smallest absolute Gasteiger partial charge is 0.405 e. The molecule has 264 valence electrons. The minimum atomic E-state index is -4.02. The number of hydrogen-bond donors (Lipinski definition) is 2. The third-order valence-corrected chi connectivity index (χ3v) is 9.52. The summed E-state index contributed by atoms with van der Waals surface area (Å²) < 4.78 is 78.8. The minimum Gasteiger partial charge on any atom is -0.497 e. The Morgan fingerprint density at radius 1 is 1.02 bits per heavy atom. The fourth-order valence-electron chi connectivity index (χ4n) is 5.93. The van der Waals surface area contributed by atoms with Crippen LogP contribution in [0.3, 0.4) is 0 Å². The van der Waals surface area contributed by atoms with E-state index in [4.69, 9.17) is 16.3 Å². The van der Waals surface area contributed by atoms with Gasteiger partial charge in [0.25, 0.3) is 5.56 Å². The lowest BCUT2D eigenvalue weighted by Gasteiger charge is -2.23. The molecular weight excluding hydrogens is 713 g/mol. The van der Waals surface area contributed by atoms with Crippen molar-refractivity contribution in [1.82, 2.24) is 24.6 Å². The van der Waals surface area contributed by atoms with Crippen molar-refractivity contribution in [2.45, 2.75) is 19.0 Å². The van der Waals surface area contributed by atoms with Crippen LogP contribution in [0, 0.1) is 17.5 Å². The van der Waals surface area contributed by atoms with Gasteiger partial charge in [0.15, 0.2) is 5.82 Å². The standard InChI is InChI=1S/C34H28ClF3N6O6S/c1-42-30-27(12-11-23(35)28(30)32(41-42)43(51(3,48)49)17-18-7-9-22(50-2)10-8-18)44-31(39-25-6-4-5-24(38)29(25)33(44)45)26(40-34(46)47)15-19-13-20(36)16-21(37)14-19/h4-14,16,26,40H,15,17H2,1-3H3,(H,46,47)/t26-/m0/s1. The Morgan fingerprint density at radius 2 is 1.71 bits per heavy atom. The van der Waals surface area contributed by atoms with Crippen molar-refractivity contribution in [1.29, 1.82) is 0 Å². The highest BCUT2D eigenvalue weighted by atomic mass is 35.5. The Hall–Kier alpha value is -5.61. The number of hydrogen-bond acceptors (Lipinski definition) is 7. The number of aromatic nitrogens is 4. The van der Waals surface area contributed by atoms with Gasteiger partial charge in [-0.2, -0.15) is 5.10 Å². The Labute approximate surface area is 293 Å². The normalized spacial score (nSPS) is 12.3. The number of anilines is 1. The topological polar surface area (TPSA) is 149 Å². The summed E-state index contributed by atoms with van der Waals surface area (Å²) in [6.07, 6.45) is -0.945. The van der Waals surface area contributed by atoms with Crippen LogP contribution in [0.5, 0.6) is 5.75 Å². The molecule has 1 atom stereocenters. The molecule has 51 heavy (non-hydrogen) atoms. The average Bonchev–Trinajstić information content (AvgIpc) is 3.40. The third kappa shape index (κ3) is 6.92. The lowest BCUT2D eigenvalue weighted by atomic mass is 10.0. The molecule has 0 radical (unpaired) electrons. The lowest BCUT2D eigenvalue weighted by molar-refractivity contribution is 0.189. The van der Waals surface area contributed by atoms with Crippen LogP contribution >= 0.6 is 11.6 Å². The van der Waals surface area contributed by atoms with Crippen molar-refractivity contribution in [3.05, 3.63) is 123 Å². The highest BCUT2D eigenvalue weighted by Gasteiger charge is 2.30. The van der Waals surface area contributed by atoms with E-state index in [1.807, 2.05) is 0 Å². The van der Waals surface area contributed by atoms with E-state index in [1.165, 1.54) is 43.1 Å². The molecule has 17 heteroatoms. The van der Waals surface area contributed by atoms with E-state index in [0.717, 1.165) is 33.3 Å². The van der Waals surface area contributed by atoms with E-state index in [9.17, 15) is 31.9 Å². The van der Waals surface area contributed by atoms with Crippen molar-refractivity contribution >= 4 is 55.3 Å². The van der Waals surface area contributed by atoms with Gasteiger partial charge in [-0.1, -0.05) is 29.8 Å². The van der Waals surface area contributed by atoms with Gasteiger partial charge in [-0.25, -0.2) is 35.7 Å². The quantitative estimate of drug-likeness (QED) is 0.177. The van der Waals surface area contributed by atoms with Gasteiger partial charge in [-0.15, -0.1) is 0 Å². The second kappa shape index (κ2) is 13.6. The first-order valence-corrected chi connectivity index (χ1v) is 17.3. The van der Waals surface area contributed by atoms with Crippen LogP contribution in [0.2, 0.25) is 5.02 Å². The van der Waals surface area contributed by atoms with Gasteiger partial charge in [-0.3, -0.25) is 14.0 Å². The molecule has 0 aliphatic rings. The Balaban J connectivity index is 1.63. The van der Waals surface area contributed by atoms with Gasteiger partial charge in [0.05, 0.1) is 53.1 Å². The molecule has 0 aliphatic heterocycles. The molecule has 2 aromatic heterocycles. The number of carbonyl (C=O) groups is 1. The zero-order chi connectivity index (χ0) is 36.8. The van der Waals surface area contributed by atoms with E-state index >= 15 is 4.39 Å². The Bertz CT molecular complexity index is 2490. The highest BCUT2D eigenvalue weighted by molar-refractivity contribution is 7.92. The number of carboxylic acid groups (broad SMARTS) is 1. The molecule has 6 aromatic rings. The maximum atomic E-state index is 15.3. The third-order valence-electron chi connectivity index (χ3n) is 8.10. The number of halogens is 4. The van der Waals surface area contributed by atoms with E-state index in [0.29, 0.717) is 17.4 Å². The highest BCUT2D eigenvalue weighted by Crippen LogP contribution is 2.38. The molecule has 6 rings (SSSR count). The Kier molecular flexibility index (Phi) is 9.39. The van der Waals surface area contributed by atoms with Gasteiger partial charge in [0.2, 0.25) is 10.0 Å². The number of amides is 1. The van der Waals surface area contributed by atoms with Crippen molar-refractivity contribution in [2.24, 2.45) is 7.05 Å². The van der Waals surface area contributed by atoms with Crippen LogP contribution < -0.4 is 19.9 Å². The van der Waals surface area contributed by atoms with E-state index in [2.05, 4.69) is 15.4 Å². The molecule has 0 unspecified atom stereocenters. The molecular formula is C34H28ClF3N6O6S. The molecule has 2 heterocycles. The van der Waals surface area contributed by atoms with Crippen LogP contribution in [0.25, 0.3) is 27.5 Å². The molecule has 1 amide bonds. The van der Waals surface area contributed by atoms with Crippen molar-refractivity contribution in [3.8, 4) is 11.4 Å². The van der Waals surface area contributed by atoms with Crippen LogP contribution in [0.1, 0.15) is 23.0 Å². The maximum Gasteiger partial charge on any atom is 0.405 e. The molecule has 0 bridgehead atoms. The molecule has 4 aromatic carbocycles. The number of fused-ring (bicyclic) bond motifs is 2. The number of aryl methyl sites for hydroxylation is 1. The number of sulfonamides is 1. The lowest BCUT2D eigenvalue weighted by Crippen LogP contribution is -2.35. The number of rotatable bonds is 10. The van der Waals surface area contributed by atoms with E-state index in [-0.39, 0.29) is 57.3 Å². The van der Waals surface area contributed by atoms with Gasteiger partial charge in [-0.05, 0) is 59.7 Å². The molecule has 0 aliphatic carbocycles. The van der Waals surface area contributed by atoms with Crippen molar-refractivity contribution in [2.75, 3.05) is 17.7 Å². The van der Waals surface area contributed by atoms with Gasteiger partial charge in [0, 0.05) is 19.5 Å². The summed E-state index contributed by atoms with van der Waals surface area (Å²) in [7, 11) is -1.05. The van der Waals surface area contributed by atoms with Gasteiger partial charge < -0.3 is 15.2 Å². The summed E-state index contributed by atoms with van der Waals surface area (Å²) in [4.78, 5) is 31.0. The number of methoxy groups -OCH3 is 1. The first-order valence-electron chi connectivity index (χ1n) is 15.1. The SMILES string of the molecule is COc1ccc(CN(c2nn(C)c3c(-n4c([C@H](Cc5cc(F)cc(F)c5)NC(=O)O)nc5cccc(F)c5c4=O)ccc(Cl)c23)S(C)(=O)=O)cc1. The monoisotopic (exact) mass is 740 g/mol. The van der Waals surface area contributed by atoms with E-state index in [1.54, 1.807) is 24.3 Å². The summed E-state index contributed by atoms with van der Waals surface area (Å²) in [6, 6.07) is 14.4.